The topological polar surface area (TPSA) is 99.9 Å². The molecule has 1 fully saturated rings. The minimum Gasteiger partial charge on any atom is -0.457 e. The van der Waals surface area contributed by atoms with Crippen molar-refractivity contribution in [1.29, 1.82) is 0 Å². The molecule has 1 saturated heterocycles. The van der Waals surface area contributed by atoms with Crippen LogP contribution in [0.15, 0.2) is 12.7 Å². The van der Waals surface area contributed by atoms with Crippen molar-refractivity contribution < 1.29 is 9.47 Å². The normalized spacial score (nSPS) is 18.5. The summed E-state index contributed by atoms with van der Waals surface area (Å²) in [5, 5.41) is 6.84. The van der Waals surface area contributed by atoms with Crippen molar-refractivity contribution in [3.63, 3.8) is 0 Å². The average molecular weight is 263 g/mol. The van der Waals surface area contributed by atoms with Gasteiger partial charge in [-0.25, -0.2) is 4.98 Å². The summed E-state index contributed by atoms with van der Waals surface area (Å²) in [6.07, 6.45) is 3.74. The molecular weight excluding hydrogens is 250 g/mol. The van der Waals surface area contributed by atoms with E-state index in [1.54, 1.807) is 7.05 Å². The van der Waals surface area contributed by atoms with Gasteiger partial charge in [-0.05, 0) is 0 Å². The Morgan fingerprint density at radius 3 is 3.05 bits per heavy atom. The van der Waals surface area contributed by atoms with Crippen LogP contribution in [0.5, 0.6) is 6.01 Å². The van der Waals surface area contributed by atoms with Gasteiger partial charge in [0.05, 0.1) is 13.2 Å². The van der Waals surface area contributed by atoms with Crippen LogP contribution in [-0.2, 0) is 4.74 Å². The molecule has 2 aromatic rings. The van der Waals surface area contributed by atoms with Gasteiger partial charge in [-0.2, -0.15) is 24.7 Å². The van der Waals surface area contributed by atoms with Crippen LogP contribution < -0.4 is 10.1 Å². The zero-order chi connectivity index (χ0) is 13.1. The van der Waals surface area contributed by atoms with Crippen LogP contribution in [0.25, 0.3) is 5.95 Å². The number of aromatic nitrogens is 6. The maximum atomic E-state index is 5.67. The molecule has 9 nitrogen and oxygen atoms in total. The van der Waals surface area contributed by atoms with E-state index < -0.39 is 0 Å². The first kappa shape index (κ1) is 11.8. The van der Waals surface area contributed by atoms with Gasteiger partial charge in [-0.15, -0.1) is 0 Å². The van der Waals surface area contributed by atoms with Gasteiger partial charge in [0, 0.05) is 13.5 Å². The lowest BCUT2D eigenvalue weighted by Crippen LogP contribution is -2.19. The van der Waals surface area contributed by atoms with Crippen LogP contribution in [0, 0.1) is 0 Å². The molecule has 2 aromatic heterocycles. The molecule has 0 bridgehead atoms. The first-order valence-corrected chi connectivity index (χ1v) is 5.88. The number of hydrogen-bond acceptors (Lipinski definition) is 8. The maximum absolute atomic E-state index is 5.67. The van der Waals surface area contributed by atoms with Crippen LogP contribution >= 0.6 is 0 Å². The zero-order valence-electron chi connectivity index (χ0n) is 10.4. The molecule has 0 spiro atoms. The Morgan fingerprint density at radius 2 is 2.37 bits per heavy atom. The van der Waals surface area contributed by atoms with Crippen LogP contribution in [-0.4, -0.2) is 56.1 Å². The van der Waals surface area contributed by atoms with E-state index in [2.05, 4.69) is 30.4 Å². The summed E-state index contributed by atoms with van der Waals surface area (Å²) in [4.78, 5) is 16.4. The molecule has 3 heterocycles. The van der Waals surface area contributed by atoms with E-state index in [9.17, 15) is 0 Å². The van der Waals surface area contributed by atoms with E-state index in [0.717, 1.165) is 6.42 Å². The molecule has 0 saturated carbocycles. The quantitative estimate of drug-likeness (QED) is 0.799. The number of hydrogen-bond donors (Lipinski definition) is 1. The van der Waals surface area contributed by atoms with E-state index in [1.807, 2.05) is 0 Å². The molecule has 1 atom stereocenters. The van der Waals surface area contributed by atoms with Crippen LogP contribution in [0.3, 0.4) is 0 Å². The molecule has 0 radical (unpaired) electrons. The van der Waals surface area contributed by atoms with Gasteiger partial charge in [0.15, 0.2) is 0 Å². The molecule has 9 heteroatoms. The highest BCUT2D eigenvalue weighted by Gasteiger charge is 2.19. The summed E-state index contributed by atoms with van der Waals surface area (Å²) < 4.78 is 12.4. The fraction of sp³-hybridized carbons (Fsp3) is 0.500. The second-order valence-electron chi connectivity index (χ2n) is 3.94. The minimum absolute atomic E-state index is 0.0179. The Hall–Kier alpha value is -2.29. The smallest absolute Gasteiger partial charge is 0.323 e. The molecule has 1 N–H and O–H groups in total. The fourth-order valence-electron chi connectivity index (χ4n) is 1.68. The number of nitrogens with zero attached hydrogens (tertiary/aromatic N) is 6. The van der Waals surface area contributed by atoms with Gasteiger partial charge in [0.1, 0.15) is 18.8 Å². The Morgan fingerprint density at radius 1 is 1.42 bits per heavy atom. The molecule has 3 rings (SSSR count). The molecule has 19 heavy (non-hydrogen) atoms. The van der Waals surface area contributed by atoms with Crippen molar-refractivity contribution in [3.8, 4) is 12.0 Å². The van der Waals surface area contributed by atoms with Crippen LogP contribution in [0.2, 0.25) is 0 Å². The summed E-state index contributed by atoms with van der Waals surface area (Å²) in [6, 6.07) is 0.250. The highest BCUT2D eigenvalue weighted by atomic mass is 16.6. The summed E-state index contributed by atoms with van der Waals surface area (Å²) in [6.45, 7) is 1.25. The second kappa shape index (κ2) is 5.14. The Bertz CT molecular complexity index is 539. The summed E-state index contributed by atoms with van der Waals surface area (Å²) in [5.74, 6) is 0.764. The van der Waals surface area contributed by atoms with E-state index in [0.29, 0.717) is 25.1 Å². The zero-order valence-corrected chi connectivity index (χ0v) is 10.4. The molecule has 1 aliphatic rings. The molecule has 1 unspecified atom stereocenters. The molecule has 0 amide bonds. The van der Waals surface area contributed by atoms with Crippen molar-refractivity contribution in [2.75, 3.05) is 25.6 Å². The van der Waals surface area contributed by atoms with Gasteiger partial charge in [-0.1, -0.05) is 0 Å². The molecular formula is C10H13N7O2. The lowest BCUT2D eigenvalue weighted by molar-refractivity contribution is 0.134. The van der Waals surface area contributed by atoms with Crippen molar-refractivity contribution in [2.45, 2.75) is 12.5 Å². The highest BCUT2D eigenvalue weighted by Crippen LogP contribution is 2.15. The third-order valence-corrected chi connectivity index (χ3v) is 2.61. The standard InChI is InChI=1S/C10H13N7O2/c1-11-8-14-9(17-6-12-5-13-17)16-10(15-8)19-7-2-3-18-4-7/h5-7H,2-4H2,1H3,(H,11,14,15,16). The SMILES string of the molecule is CNc1nc(OC2CCOC2)nc(-n2cncn2)n1. The molecule has 0 aliphatic carbocycles. The van der Waals surface area contributed by atoms with Gasteiger partial charge in [0.2, 0.25) is 5.95 Å². The second-order valence-corrected chi connectivity index (χ2v) is 3.94. The molecule has 0 aromatic carbocycles. The Balaban J connectivity index is 1.88. The Labute approximate surface area is 109 Å². The third kappa shape index (κ3) is 2.60. The predicted octanol–water partition coefficient (Wildman–Crippen LogP) is -0.338. The molecule has 100 valence electrons. The van der Waals surface area contributed by atoms with Gasteiger partial charge in [-0.3, -0.25) is 0 Å². The van der Waals surface area contributed by atoms with E-state index >= 15 is 0 Å². The van der Waals surface area contributed by atoms with Crippen LogP contribution in [0.1, 0.15) is 6.42 Å². The summed E-state index contributed by atoms with van der Waals surface area (Å²) in [7, 11) is 1.73. The number of rotatable bonds is 4. The highest BCUT2D eigenvalue weighted by molar-refractivity contribution is 5.28. The Kier molecular flexibility index (Phi) is 3.19. The third-order valence-electron chi connectivity index (χ3n) is 2.61. The predicted molar refractivity (Wildman–Crippen MR) is 64.1 cm³/mol. The van der Waals surface area contributed by atoms with Crippen molar-refractivity contribution in [3.05, 3.63) is 12.7 Å². The van der Waals surface area contributed by atoms with Gasteiger partial charge < -0.3 is 14.8 Å². The lowest BCUT2D eigenvalue weighted by atomic mass is 10.3. The lowest BCUT2D eigenvalue weighted by Gasteiger charge is -2.11. The largest absolute Gasteiger partial charge is 0.457 e. The number of anilines is 1. The fourth-order valence-corrected chi connectivity index (χ4v) is 1.68. The van der Waals surface area contributed by atoms with Gasteiger partial charge >= 0.3 is 6.01 Å². The van der Waals surface area contributed by atoms with E-state index in [1.165, 1.54) is 17.3 Å². The van der Waals surface area contributed by atoms with E-state index in [4.69, 9.17) is 9.47 Å². The van der Waals surface area contributed by atoms with Crippen molar-refractivity contribution >= 4 is 5.95 Å². The van der Waals surface area contributed by atoms with E-state index in [-0.39, 0.29) is 12.1 Å². The van der Waals surface area contributed by atoms with Crippen LogP contribution in [0.4, 0.5) is 5.95 Å². The minimum atomic E-state index is -0.0179. The maximum Gasteiger partial charge on any atom is 0.323 e. The summed E-state index contributed by atoms with van der Waals surface area (Å²) >= 11 is 0. The number of ether oxygens (including phenoxy) is 2. The van der Waals surface area contributed by atoms with Crippen molar-refractivity contribution in [2.24, 2.45) is 0 Å². The average Bonchev–Trinajstić information content (AvgIpc) is 3.11. The van der Waals surface area contributed by atoms with Crippen molar-refractivity contribution in [1.82, 2.24) is 29.7 Å². The first-order valence-electron chi connectivity index (χ1n) is 5.88. The molecule has 1 aliphatic heterocycles. The monoisotopic (exact) mass is 263 g/mol. The number of nitrogens with one attached hydrogen (secondary N) is 1. The van der Waals surface area contributed by atoms with Gasteiger partial charge in [0.25, 0.3) is 5.95 Å². The summed E-state index contributed by atoms with van der Waals surface area (Å²) in [5.41, 5.74) is 0. The first-order chi connectivity index (χ1) is 9.35.